The number of amides is 1. The van der Waals surface area contributed by atoms with Crippen LogP contribution in [0.4, 0.5) is 4.79 Å². The highest BCUT2D eigenvalue weighted by atomic mass is 16.6. The van der Waals surface area contributed by atoms with E-state index in [9.17, 15) is 4.79 Å². The number of hydrogen-bond acceptors (Lipinski definition) is 2. The van der Waals surface area contributed by atoms with Crippen molar-refractivity contribution in [2.75, 3.05) is 6.54 Å². The van der Waals surface area contributed by atoms with E-state index in [0.717, 1.165) is 13.0 Å². The van der Waals surface area contributed by atoms with E-state index in [1.54, 1.807) is 4.90 Å². The normalized spacial score (nSPS) is 22.3. The van der Waals surface area contributed by atoms with Crippen molar-refractivity contribution in [2.24, 2.45) is 0 Å². The van der Waals surface area contributed by atoms with E-state index < -0.39 is 5.60 Å². The lowest BCUT2D eigenvalue weighted by molar-refractivity contribution is 0.0205. The Balaban J connectivity index is 2.62. The Hall–Kier alpha value is -0.925. The van der Waals surface area contributed by atoms with Crippen LogP contribution in [0.15, 0.2) is 11.5 Å². The second-order valence-electron chi connectivity index (χ2n) is 5.18. The van der Waals surface area contributed by atoms with Crippen LogP contribution in [0.3, 0.4) is 0 Å². The lowest BCUT2D eigenvalue weighted by Crippen LogP contribution is -2.43. The van der Waals surface area contributed by atoms with Gasteiger partial charge in [-0.25, -0.2) is 4.79 Å². The first kappa shape index (κ1) is 12.1. The van der Waals surface area contributed by atoms with Crippen LogP contribution in [0.5, 0.6) is 0 Å². The molecule has 0 aromatic heterocycles. The second kappa shape index (κ2) is 4.29. The average molecular weight is 209 g/mol. The molecule has 0 radical (unpaired) electrons. The molecule has 0 saturated carbocycles. The zero-order valence-corrected chi connectivity index (χ0v) is 10.3. The predicted octanol–water partition coefficient (Wildman–Crippen LogP) is 1.53. The van der Waals surface area contributed by atoms with E-state index in [-0.39, 0.29) is 12.1 Å². The highest BCUT2D eigenvalue weighted by Gasteiger charge is 2.26. The summed E-state index contributed by atoms with van der Waals surface area (Å²) in [5, 5.41) is 0. The molecule has 3 nitrogen and oxygen atoms in total. The molecule has 0 aliphatic carbocycles. The van der Waals surface area contributed by atoms with E-state index in [4.69, 9.17) is 4.74 Å². The van der Waals surface area contributed by atoms with Gasteiger partial charge in [0.1, 0.15) is 13.4 Å². The van der Waals surface area contributed by atoms with Gasteiger partial charge < -0.3 is 9.64 Å². The smallest absolute Gasteiger partial charge is 0.410 e. The fourth-order valence-electron chi connectivity index (χ4n) is 1.66. The molecule has 0 saturated heterocycles. The van der Waals surface area contributed by atoms with Gasteiger partial charge in [0.15, 0.2) is 0 Å². The van der Waals surface area contributed by atoms with Crippen LogP contribution >= 0.6 is 0 Å². The summed E-state index contributed by atoms with van der Waals surface area (Å²) < 4.78 is 5.34. The van der Waals surface area contributed by atoms with Gasteiger partial charge in [-0.15, -0.1) is 5.47 Å². The number of rotatable bonds is 0. The minimum Gasteiger partial charge on any atom is -0.444 e. The molecule has 84 valence electrons. The van der Waals surface area contributed by atoms with Crippen LogP contribution in [-0.2, 0) is 4.74 Å². The van der Waals surface area contributed by atoms with Crippen LogP contribution < -0.4 is 0 Å². The topological polar surface area (TPSA) is 29.5 Å². The first-order valence-corrected chi connectivity index (χ1v) is 5.46. The first-order chi connectivity index (χ1) is 6.79. The van der Waals surface area contributed by atoms with E-state index >= 15 is 0 Å². The average Bonchev–Trinajstić information content (AvgIpc) is 1.99. The van der Waals surface area contributed by atoms with Gasteiger partial charge in [0.05, 0.1) is 0 Å². The van der Waals surface area contributed by atoms with E-state index in [1.165, 1.54) is 5.47 Å². The molecule has 1 heterocycles. The van der Waals surface area contributed by atoms with Gasteiger partial charge in [0, 0.05) is 12.6 Å². The predicted molar refractivity (Wildman–Crippen MR) is 63.6 cm³/mol. The standard InChI is InChI=1S/C11H20BNO2/c1-8-7-9(12)5-6-13(8)10(14)15-11(2,3)4/h7-8H,5-6,12H2,1-4H3. The van der Waals surface area contributed by atoms with Crippen molar-refractivity contribution in [3.63, 3.8) is 0 Å². The maximum atomic E-state index is 11.8. The Kier molecular flexibility index (Phi) is 3.48. The molecule has 15 heavy (non-hydrogen) atoms. The number of ether oxygens (including phenoxy) is 1. The Morgan fingerprint density at radius 3 is 2.67 bits per heavy atom. The molecule has 1 unspecified atom stereocenters. The third kappa shape index (κ3) is 3.61. The molecule has 0 spiro atoms. The summed E-state index contributed by atoms with van der Waals surface area (Å²) in [7, 11) is 2.10. The lowest BCUT2D eigenvalue weighted by Gasteiger charge is -2.33. The largest absolute Gasteiger partial charge is 0.444 e. The molecule has 1 aliphatic heterocycles. The van der Waals surface area contributed by atoms with Gasteiger partial charge in [-0.2, -0.15) is 0 Å². The van der Waals surface area contributed by atoms with E-state index in [0.29, 0.717) is 0 Å². The molecule has 0 aromatic rings. The summed E-state index contributed by atoms with van der Waals surface area (Å²) in [4.78, 5) is 13.6. The lowest BCUT2D eigenvalue weighted by atomic mass is 9.88. The first-order valence-electron chi connectivity index (χ1n) is 5.46. The van der Waals surface area contributed by atoms with Gasteiger partial charge in [0.2, 0.25) is 0 Å². The minimum atomic E-state index is -0.410. The summed E-state index contributed by atoms with van der Waals surface area (Å²) in [5.74, 6) is 0. The summed E-state index contributed by atoms with van der Waals surface area (Å²) in [6.45, 7) is 8.45. The third-order valence-electron chi connectivity index (χ3n) is 2.39. The fraction of sp³-hybridized carbons (Fsp3) is 0.727. The van der Waals surface area contributed by atoms with Crippen LogP contribution in [0.1, 0.15) is 34.1 Å². The molecule has 0 fully saturated rings. The van der Waals surface area contributed by atoms with Crippen LogP contribution in [0.2, 0.25) is 0 Å². The summed E-state index contributed by atoms with van der Waals surface area (Å²) in [6.07, 6.45) is 2.86. The Morgan fingerprint density at radius 2 is 2.20 bits per heavy atom. The van der Waals surface area contributed by atoms with Crippen molar-refractivity contribution in [1.29, 1.82) is 0 Å². The van der Waals surface area contributed by atoms with Gasteiger partial charge in [0.25, 0.3) is 0 Å². The van der Waals surface area contributed by atoms with Gasteiger partial charge >= 0.3 is 6.09 Å². The highest BCUT2D eigenvalue weighted by Crippen LogP contribution is 2.17. The number of nitrogens with zero attached hydrogens (tertiary/aromatic N) is 1. The quantitative estimate of drug-likeness (QED) is 0.566. The molecule has 0 N–H and O–H groups in total. The van der Waals surface area contributed by atoms with E-state index in [1.807, 2.05) is 27.7 Å². The molecule has 1 amide bonds. The van der Waals surface area contributed by atoms with Crippen LogP contribution in [0, 0.1) is 0 Å². The fourth-order valence-corrected chi connectivity index (χ4v) is 1.66. The van der Waals surface area contributed by atoms with Gasteiger partial charge in [-0.1, -0.05) is 6.08 Å². The highest BCUT2D eigenvalue weighted by molar-refractivity contribution is 6.21. The minimum absolute atomic E-state index is 0.147. The molecule has 1 rings (SSSR count). The molecule has 4 heteroatoms. The van der Waals surface area contributed by atoms with Crippen molar-refractivity contribution in [1.82, 2.24) is 4.90 Å². The molecule has 0 aromatic carbocycles. The van der Waals surface area contributed by atoms with Crippen LogP contribution in [-0.4, -0.2) is 37.0 Å². The summed E-state index contributed by atoms with van der Waals surface area (Å²) in [5.41, 5.74) is 0.940. The van der Waals surface area contributed by atoms with Gasteiger partial charge in [-0.3, -0.25) is 0 Å². The van der Waals surface area contributed by atoms with Crippen molar-refractivity contribution >= 4 is 13.9 Å². The van der Waals surface area contributed by atoms with Crippen molar-refractivity contribution < 1.29 is 9.53 Å². The Labute approximate surface area is 92.9 Å². The number of carbonyl (C=O) groups excluding carboxylic acids is 1. The summed E-state index contributed by atoms with van der Waals surface area (Å²) in [6, 6.07) is 0.147. The summed E-state index contributed by atoms with van der Waals surface area (Å²) >= 11 is 0. The molecule has 1 aliphatic rings. The second-order valence-corrected chi connectivity index (χ2v) is 5.18. The Bertz CT molecular complexity index is 281. The van der Waals surface area contributed by atoms with Crippen molar-refractivity contribution in [3.05, 3.63) is 11.5 Å². The van der Waals surface area contributed by atoms with E-state index in [2.05, 4.69) is 13.9 Å². The maximum Gasteiger partial charge on any atom is 0.410 e. The van der Waals surface area contributed by atoms with Crippen molar-refractivity contribution in [3.8, 4) is 0 Å². The number of carbonyl (C=O) groups is 1. The molecular weight excluding hydrogens is 189 g/mol. The zero-order valence-electron chi connectivity index (χ0n) is 10.3. The number of hydrogen-bond donors (Lipinski definition) is 0. The zero-order chi connectivity index (χ0) is 11.6. The van der Waals surface area contributed by atoms with Crippen molar-refractivity contribution in [2.45, 2.75) is 45.8 Å². The SMILES string of the molecule is BC1=CC(C)N(C(=O)OC(C)(C)C)CC1. The maximum absolute atomic E-state index is 11.8. The van der Waals surface area contributed by atoms with Crippen LogP contribution in [0.25, 0.3) is 0 Å². The molecule has 1 atom stereocenters. The Morgan fingerprint density at radius 1 is 1.60 bits per heavy atom. The monoisotopic (exact) mass is 209 g/mol. The third-order valence-corrected chi connectivity index (χ3v) is 2.39. The molecule has 0 bridgehead atoms. The molecular formula is C11H20BNO2. The van der Waals surface area contributed by atoms with Gasteiger partial charge in [-0.05, 0) is 34.1 Å².